The highest BCUT2D eigenvalue weighted by molar-refractivity contribution is 14.0. The van der Waals surface area contributed by atoms with E-state index < -0.39 is 0 Å². The van der Waals surface area contributed by atoms with Crippen LogP contribution in [0.15, 0.2) is 65.8 Å². The average Bonchev–Trinajstić information content (AvgIpc) is 3.25. The highest BCUT2D eigenvalue weighted by Gasteiger charge is 2.13. The van der Waals surface area contributed by atoms with Gasteiger partial charge in [0.05, 0.1) is 0 Å². The van der Waals surface area contributed by atoms with E-state index in [9.17, 15) is 4.39 Å². The molecule has 0 bridgehead atoms. The van der Waals surface area contributed by atoms with Gasteiger partial charge in [-0.05, 0) is 42.3 Å². The molecule has 0 unspecified atom stereocenters. The molecular formula is C23H24FIN4O3. The van der Waals surface area contributed by atoms with E-state index in [-0.39, 0.29) is 36.6 Å². The number of aromatic nitrogens is 1. The molecule has 0 saturated carbocycles. The first kappa shape index (κ1) is 23.6. The van der Waals surface area contributed by atoms with Gasteiger partial charge in [0.2, 0.25) is 12.7 Å². The zero-order valence-corrected chi connectivity index (χ0v) is 19.8. The van der Waals surface area contributed by atoms with Crippen molar-refractivity contribution in [1.29, 1.82) is 0 Å². The molecular weight excluding hydrogens is 526 g/mol. The third-order valence-corrected chi connectivity index (χ3v) is 4.67. The number of hydrogen-bond donors (Lipinski definition) is 2. The summed E-state index contributed by atoms with van der Waals surface area (Å²) in [5.41, 5.74) is 1.97. The molecule has 1 aliphatic rings. The minimum Gasteiger partial charge on any atom is -0.454 e. The van der Waals surface area contributed by atoms with Crippen molar-refractivity contribution in [2.45, 2.75) is 13.0 Å². The molecule has 0 amide bonds. The lowest BCUT2D eigenvalue weighted by Crippen LogP contribution is -2.37. The minimum absolute atomic E-state index is 0. The molecule has 3 aromatic rings. The highest BCUT2D eigenvalue weighted by atomic mass is 127. The number of nitrogens with one attached hydrogen (secondary N) is 2. The molecule has 0 fully saturated rings. The van der Waals surface area contributed by atoms with Crippen LogP contribution in [-0.2, 0) is 13.0 Å². The van der Waals surface area contributed by atoms with E-state index in [1.54, 1.807) is 25.4 Å². The molecule has 1 aromatic heterocycles. The van der Waals surface area contributed by atoms with Crippen LogP contribution in [0.1, 0.15) is 11.1 Å². The van der Waals surface area contributed by atoms with Crippen molar-refractivity contribution in [3.63, 3.8) is 0 Å². The van der Waals surface area contributed by atoms with Crippen molar-refractivity contribution >= 4 is 29.9 Å². The van der Waals surface area contributed by atoms with Crippen molar-refractivity contribution in [2.24, 2.45) is 4.99 Å². The Labute approximate surface area is 203 Å². The summed E-state index contributed by atoms with van der Waals surface area (Å²) in [7, 11) is 1.71. The molecule has 0 radical (unpaired) electrons. The van der Waals surface area contributed by atoms with Gasteiger partial charge in [0.15, 0.2) is 17.5 Å². The van der Waals surface area contributed by atoms with Gasteiger partial charge in [-0.3, -0.25) is 4.99 Å². The maximum atomic E-state index is 13.4. The number of nitrogens with zero attached hydrogens (tertiary/aromatic N) is 2. The van der Waals surface area contributed by atoms with Crippen LogP contribution in [0.2, 0.25) is 0 Å². The SMILES string of the molecule is CN=C(NCCc1ccc2c(c1)OCO2)NCc1cccnc1Oc1cccc(F)c1.I. The minimum atomic E-state index is -0.361. The molecule has 2 aromatic carbocycles. The average molecular weight is 550 g/mol. The van der Waals surface area contributed by atoms with E-state index in [1.165, 1.54) is 12.1 Å². The van der Waals surface area contributed by atoms with E-state index in [2.05, 4.69) is 20.6 Å². The first-order chi connectivity index (χ1) is 15.2. The predicted octanol–water partition coefficient (Wildman–Crippen LogP) is 4.27. The molecule has 4 rings (SSSR count). The van der Waals surface area contributed by atoms with Crippen LogP contribution < -0.4 is 24.8 Å². The summed E-state index contributed by atoms with van der Waals surface area (Å²) >= 11 is 0. The van der Waals surface area contributed by atoms with Crippen molar-refractivity contribution in [1.82, 2.24) is 15.6 Å². The third kappa shape index (κ3) is 6.22. The van der Waals surface area contributed by atoms with Crippen molar-refractivity contribution in [3.8, 4) is 23.1 Å². The Hall–Kier alpha value is -3.08. The van der Waals surface area contributed by atoms with Crippen LogP contribution in [0.4, 0.5) is 4.39 Å². The second-order valence-corrected chi connectivity index (χ2v) is 6.82. The Bertz CT molecular complexity index is 1080. The van der Waals surface area contributed by atoms with Gasteiger partial charge in [-0.25, -0.2) is 9.37 Å². The second-order valence-electron chi connectivity index (χ2n) is 6.82. The fourth-order valence-electron chi connectivity index (χ4n) is 3.11. The largest absolute Gasteiger partial charge is 0.454 e. The Morgan fingerprint density at radius 3 is 2.81 bits per heavy atom. The number of pyridine rings is 1. The molecule has 2 N–H and O–H groups in total. The predicted molar refractivity (Wildman–Crippen MR) is 131 cm³/mol. The lowest BCUT2D eigenvalue weighted by atomic mass is 10.1. The molecule has 32 heavy (non-hydrogen) atoms. The van der Waals surface area contributed by atoms with Gasteiger partial charge in [-0.1, -0.05) is 18.2 Å². The van der Waals surface area contributed by atoms with Crippen LogP contribution in [-0.4, -0.2) is 31.3 Å². The third-order valence-electron chi connectivity index (χ3n) is 4.67. The summed E-state index contributed by atoms with van der Waals surface area (Å²) in [4.78, 5) is 8.53. The fraction of sp³-hybridized carbons (Fsp3) is 0.217. The van der Waals surface area contributed by atoms with Gasteiger partial charge < -0.3 is 24.8 Å². The molecule has 0 spiro atoms. The number of ether oxygens (including phenoxy) is 3. The van der Waals surface area contributed by atoms with Crippen LogP contribution in [0, 0.1) is 5.82 Å². The molecule has 0 atom stereocenters. The topological polar surface area (TPSA) is 77.0 Å². The number of halogens is 2. The Kier molecular flexibility index (Phi) is 8.48. The van der Waals surface area contributed by atoms with Gasteiger partial charge in [-0.15, -0.1) is 24.0 Å². The van der Waals surface area contributed by atoms with Gasteiger partial charge in [0, 0.05) is 38.0 Å². The quantitative estimate of drug-likeness (QED) is 0.260. The number of fused-ring (bicyclic) bond motifs is 1. The molecule has 0 saturated heterocycles. The molecule has 1 aliphatic heterocycles. The van der Waals surface area contributed by atoms with E-state index >= 15 is 0 Å². The van der Waals surface area contributed by atoms with Crippen LogP contribution in [0.3, 0.4) is 0 Å². The maximum absolute atomic E-state index is 13.4. The summed E-state index contributed by atoms with van der Waals surface area (Å²) in [6, 6.07) is 15.6. The Morgan fingerprint density at radius 1 is 1.09 bits per heavy atom. The molecule has 9 heteroatoms. The molecule has 168 valence electrons. The Morgan fingerprint density at radius 2 is 1.97 bits per heavy atom. The smallest absolute Gasteiger partial charge is 0.231 e. The van der Waals surface area contributed by atoms with E-state index in [4.69, 9.17) is 14.2 Å². The summed E-state index contributed by atoms with van der Waals surface area (Å²) in [6.07, 6.45) is 2.44. The first-order valence-electron chi connectivity index (χ1n) is 9.91. The summed E-state index contributed by atoms with van der Waals surface area (Å²) in [6.45, 7) is 1.41. The fourth-order valence-corrected chi connectivity index (χ4v) is 3.11. The van der Waals surface area contributed by atoms with Gasteiger partial charge >= 0.3 is 0 Å². The van der Waals surface area contributed by atoms with E-state index in [0.29, 0.717) is 30.7 Å². The van der Waals surface area contributed by atoms with E-state index in [0.717, 1.165) is 29.0 Å². The van der Waals surface area contributed by atoms with Crippen molar-refractivity contribution < 1.29 is 18.6 Å². The summed E-state index contributed by atoms with van der Waals surface area (Å²) in [5.74, 6) is 2.66. The monoisotopic (exact) mass is 550 g/mol. The number of guanidine groups is 1. The lowest BCUT2D eigenvalue weighted by Gasteiger charge is -2.14. The zero-order chi connectivity index (χ0) is 21.5. The normalized spacial score (nSPS) is 12.1. The zero-order valence-electron chi connectivity index (χ0n) is 17.5. The first-order valence-corrected chi connectivity index (χ1v) is 9.91. The van der Waals surface area contributed by atoms with Crippen LogP contribution in [0.5, 0.6) is 23.1 Å². The summed E-state index contributed by atoms with van der Waals surface area (Å²) in [5, 5.41) is 6.54. The van der Waals surface area contributed by atoms with Gasteiger partial charge in [-0.2, -0.15) is 0 Å². The van der Waals surface area contributed by atoms with E-state index in [1.807, 2.05) is 30.3 Å². The molecule has 7 nitrogen and oxygen atoms in total. The van der Waals surface area contributed by atoms with Crippen molar-refractivity contribution in [2.75, 3.05) is 20.4 Å². The maximum Gasteiger partial charge on any atom is 0.231 e. The van der Waals surface area contributed by atoms with Gasteiger partial charge in [0.1, 0.15) is 11.6 Å². The van der Waals surface area contributed by atoms with Crippen LogP contribution in [0.25, 0.3) is 0 Å². The van der Waals surface area contributed by atoms with Gasteiger partial charge in [0.25, 0.3) is 0 Å². The Balaban J connectivity index is 0.00000289. The second kappa shape index (κ2) is 11.5. The standard InChI is InChI=1S/C23H23FN4O3.HI/c1-25-23(27-11-9-16-7-8-20-21(12-16)30-15-29-20)28-14-17-4-3-10-26-22(17)31-19-6-2-5-18(24)13-19;/h2-8,10,12-13H,9,11,14-15H2,1H3,(H2,25,27,28);1H. The number of benzene rings is 2. The summed E-state index contributed by atoms with van der Waals surface area (Å²) < 4.78 is 29.9. The number of aliphatic imine (C=N–C) groups is 1. The molecule has 2 heterocycles. The van der Waals surface area contributed by atoms with Crippen LogP contribution >= 0.6 is 24.0 Å². The number of rotatable bonds is 7. The highest BCUT2D eigenvalue weighted by Crippen LogP contribution is 2.32. The molecule has 0 aliphatic carbocycles. The lowest BCUT2D eigenvalue weighted by molar-refractivity contribution is 0.174. The number of hydrogen-bond acceptors (Lipinski definition) is 5. The van der Waals surface area contributed by atoms with Crippen molar-refractivity contribution in [3.05, 3.63) is 77.7 Å².